The van der Waals surface area contributed by atoms with Gasteiger partial charge in [0.05, 0.1) is 6.61 Å². The van der Waals surface area contributed by atoms with Crippen LogP contribution in [-0.4, -0.2) is 17.6 Å². The number of aliphatic hydroxyl groups excluding tert-OH is 1. The number of nitrogens with two attached hydrogens (primary N) is 1. The van der Waals surface area contributed by atoms with Gasteiger partial charge in [0, 0.05) is 19.5 Å². The van der Waals surface area contributed by atoms with Crippen LogP contribution < -0.4 is 11.1 Å². The Balaban J connectivity index is 2.46. The molecule has 0 atom stereocenters. The fourth-order valence-electron chi connectivity index (χ4n) is 1.26. The molecule has 4 N–H and O–H groups in total. The SMILES string of the molecule is NCCC(=O)NCc1cccc(CO)c1. The highest BCUT2D eigenvalue weighted by molar-refractivity contribution is 5.76. The number of carbonyl (C=O) groups excluding carboxylic acids is 1. The maximum atomic E-state index is 11.1. The lowest BCUT2D eigenvalue weighted by Gasteiger charge is -2.05. The van der Waals surface area contributed by atoms with Crippen LogP contribution in [0.25, 0.3) is 0 Å². The summed E-state index contributed by atoms with van der Waals surface area (Å²) in [7, 11) is 0. The van der Waals surface area contributed by atoms with Gasteiger partial charge in [-0.25, -0.2) is 0 Å². The first-order valence-electron chi connectivity index (χ1n) is 4.91. The smallest absolute Gasteiger partial charge is 0.221 e. The third-order valence-corrected chi connectivity index (χ3v) is 2.04. The van der Waals surface area contributed by atoms with E-state index in [9.17, 15) is 4.79 Å². The monoisotopic (exact) mass is 208 g/mol. The predicted octanol–water partition coefficient (Wildman–Crippen LogP) is 0.144. The molecule has 1 aromatic rings. The highest BCUT2D eigenvalue weighted by Gasteiger charge is 1.99. The zero-order chi connectivity index (χ0) is 11.1. The van der Waals surface area contributed by atoms with Crippen LogP contribution in [0.4, 0.5) is 0 Å². The van der Waals surface area contributed by atoms with Crippen molar-refractivity contribution >= 4 is 5.91 Å². The van der Waals surface area contributed by atoms with E-state index < -0.39 is 0 Å². The highest BCUT2D eigenvalue weighted by atomic mass is 16.3. The van der Waals surface area contributed by atoms with Crippen molar-refractivity contribution in [1.29, 1.82) is 0 Å². The molecular weight excluding hydrogens is 192 g/mol. The average molecular weight is 208 g/mol. The summed E-state index contributed by atoms with van der Waals surface area (Å²) >= 11 is 0. The summed E-state index contributed by atoms with van der Waals surface area (Å²) in [6.07, 6.45) is 0.347. The Morgan fingerprint density at radius 2 is 2.13 bits per heavy atom. The van der Waals surface area contributed by atoms with Crippen molar-refractivity contribution < 1.29 is 9.90 Å². The summed E-state index contributed by atoms with van der Waals surface area (Å²) in [5.74, 6) is -0.0492. The number of rotatable bonds is 5. The first-order chi connectivity index (χ1) is 7.26. The van der Waals surface area contributed by atoms with E-state index in [1.54, 1.807) is 0 Å². The summed E-state index contributed by atoms with van der Waals surface area (Å²) in [6.45, 7) is 0.861. The molecular formula is C11H16N2O2. The van der Waals surface area contributed by atoms with Crippen LogP contribution in [0, 0.1) is 0 Å². The van der Waals surface area contributed by atoms with Crippen molar-refractivity contribution in [1.82, 2.24) is 5.32 Å². The van der Waals surface area contributed by atoms with Gasteiger partial charge in [-0.15, -0.1) is 0 Å². The summed E-state index contributed by atoms with van der Waals surface area (Å²) < 4.78 is 0. The molecule has 0 radical (unpaired) electrons. The molecule has 0 aliphatic rings. The molecule has 0 bridgehead atoms. The van der Waals surface area contributed by atoms with E-state index in [1.807, 2.05) is 24.3 Å². The third-order valence-electron chi connectivity index (χ3n) is 2.04. The lowest BCUT2D eigenvalue weighted by atomic mass is 10.1. The molecule has 82 valence electrons. The van der Waals surface area contributed by atoms with Gasteiger partial charge in [-0.3, -0.25) is 4.79 Å². The van der Waals surface area contributed by atoms with Crippen LogP contribution in [0.5, 0.6) is 0 Å². The quantitative estimate of drug-likeness (QED) is 0.644. The summed E-state index contributed by atoms with van der Waals surface area (Å²) in [5.41, 5.74) is 7.08. The zero-order valence-electron chi connectivity index (χ0n) is 8.57. The Morgan fingerprint density at radius 3 is 2.80 bits per heavy atom. The number of nitrogens with one attached hydrogen (secondary N) is 1. The van der Waals surface area contributed by atoms with E-state index in [4.69, 9.17) is 10.8 Å². The summed E-state index contributed by atoms with van der Waals surface area (Å²) in [6, 6.07) is 7.46. The number of benzene rings is 1. The van der Waals surface area contributed by atoms with Crippen LogP contribution in [0.2, 0.25) is 0 Å². The number of amides is 1. The molecule has 0 fully saturated rings. The molecule has 4 nitrogen and oxygen atoms in total. The normalized spacial score (nSPS) is 10.0. The standard InChI is InChI=1S/C11H16N2O2/c12-5-4-11(15)13-7-9-2-1-3-10(6-9)8-14/h1-3,6,14H,4-5,7-8,12H2,(H,13,15). The molecule has 15 heavy (non-hydrogen) atoms. The number of carbonyl (C=O) groups is 1. The Hall–Kier alpha value is -1.39. The molecule has 0 saturated heterocycles. The maximum Gasteiger partial charge on any atom is 0.221 e. The second-order valence-corrected chi connectivity index (χ2v) is 3.29. The van der Waals surface area contributed by atoms with E-state index in [-0.39, 0.29) is 12.5 Å². The Morgan fingerprint density at radius 1 is 1.40 bits per heavy atom. The molecule has 0 unspecified atom stereocenters. The largest absolute Gasteiger partial charge is 0.392 e. The van der Waals surface area contributed by atoms with E-state index in [2.05, 4.69) is 5.32 Å². The maximum absolute atomic E-state index is 11.1. The van der Waals surface area contributed by atoms with Gasteiger partial charge in [0.25, 0.3) is 0 Å². The molecule has 0 aliphatic carbocycles. The van der Waals surface area contributed by atoms with E-state index >= 15 is 0 Å². The highest BCUT2D eigenvalue weighted by Crippen LogP contribution is 2.04. The van der Waals surface area contributed by atoms with Crippen LogP contribution in [-0.2, 0) is 17.9 Å². The Labute approximate surface area is 89.1 Å². The minimum absolute atomic E-state index is 0.0184. The second kappa shape index (κ2) is 6.16. The molecule has 0 spiro atoms. The van der Waals surface area contributed by atoms with Gasteiger partial charge in [0.2, 0.25) is 5.91 Å². The molecule has 4 heteroatoms. The van der Waals surface area contributed by atoms with Gasteiger partial charge in [-0.2, -0.15) is 0 Å². The minimum Gasteiger partial charge on any atom is -0.392 e. The first-order valence-corrected chi connectivity index (χ1v) is 4.91. The van der Waals surface area contributed by atoms with E-state index in [1.165, 1.54) is 0 Å². The van der Waals surface area contributed by atoms with Crippen molar-refractivity contribution in [2.45, 2.75) is 19.6 Å². The van der Waals surface area contributed by atoms with Crippen LogP contribution in [0.15, 0.2) is 24.3 Å². The number of aliphatic hydroxyl groups is 1. The van der Waals surface area contributed by atoms with Crippen LogP contribution in [0.3, 0.4) is 0 Å². The molecule has 0 heterocycles. The first kappa shape index (κ1) is 11.7. The van der Waals surface area contributed by atoms with Gasteiger partial charge in [-0.05, 0) is 11.1 Å². The fraction of sp³-hybridized carbons (Fsp3) is 0.364. The zero-order valence-corrected chi connectivity index (χ0v) is 8.57. The average Bonchev–Trinajstić information content (AvgIpc) is 2.27. The lowest BCUT2D eigenvalue weighted by Crippen LogP contribution is -2.25. The van der Waals surface area contributed by atoms with Crippen molar-refractivity contribution in [3.05, 3.63) is 35.4 Å². The predicted molar refractivity (Wildman–Crippen MR) is 57.9 cm³/mol. The lowest BCUT2D eigenvalue weighted by molar-refractivity contribution is -0.121. The second-order valence-electron chi connectivity index (χ2n) is 3.29. The molecule has 0 aromatic heterocycles. The summed E-state index contributed by atoms with van der Waals surface area (Å²) in [4.78, 5) is 11.1. The van der Waals surface area contributed by atoms with Gasteiger partial charge in [-0.1, -0.05) is 24.3 Å². The van der Waals surface area contributed by atoms with E-state index in [0.717, 1.165) is 11.1 Å². The minimum atomic E-state index is -0.0492. The van der Waals surface area contributed by atoms with Gasteiger partial charge >= 0.3 is 0 Å². The van der Waals surface area contributed by atoms with Crippen molar-refractivity contribution in [3.63, 3.8) is 0 Å². The number of hydrogen-bond donors (Lipinski definition) is 3. The Kier molecular flexibility index (Phi) is 4.80. The summed E-state index contributed by atoms with van der Waals surface area (Å²) in [5, 5.41) is 11.7. The fourth-order valence-corrected chi connectivity index (χ4v) is 1.26. The molecule has 1 aromatic carbocycles. The Bertz CT molecular complexity index is 326. The number of hydrogen-bond acceptors (Lipinski definition) is 3. The van der Waals surface area contributed by atoms with Gasteiger partial charge in [0.1, 0.15) is 0 Å². The molecule has 0 saturated carbocycles. The molecule has 1 amide bonds. The van der Waals surface area contributed by atoms with Crippen molar-refractivity contribution in [2.24, 2.45) is 5.73 Å². The van der Waals surface area contributed by atoms with Gasteiger partial charge < -0.3 is 16.2 Å². The van der Waals surface area contributed by atoms with Gasteiger partial charge in [0.15, 0.2) is 0 Å². The van der Waals surface area contributed by atoms with Crippen molar-refractivity contribution in [3.8, 4) is 0 Å². The molecule has 1 rings (SSSR count). The van der Waals surface area contributed by atoms with Crippen LogP contribution >= 0.6 is 0 Å². The van der Waals surface area contributed by atoms with Crippen molar-refractivity contribution in [2.75, 3.05) is 6.54 Å². The van der Waals surface area contributed by atoms with Crippen LogP contribution in [0.1, 0.15) is 17.5 Å². The topological polar surface area (TPSA) is 75.4 Å². The molecule has 0 aliphatic heterocycles. The third kappa shape index (κ3) is 4.10. The van der Waals surface area contributed by atoms with E-state index in [0.29, 0.717) is 19.5 Å².